The van der Waals surface area contributed by atoms with E-state index in [9.17, 15) is 14.4 Å². The summed E-state index contributed by atoms with van der Waals surface area (Å²) < 4.78 is 26.5. The first-order valence-corrected chi connectivity index (χ1v) is 28.1. The average Bonchev–Trinajstić information content (AvgIpc) is 4.02. The molecule has 3 N–H and O–H groups in total. The number of likely N-dealkylation sites (N-methyl/N-ethyl adjacent to an activating group) is 1. The number of methoxy groups -OCH3 is 2. The van der Waals surface area contributed by atoms with Crippen LogP contribution in [0.1, 0.15) is 172 Å². The Morgan fingerprint density at radius 2 is 1.15 bits per heavy atom. The third kappa shape index (κ3) is 25.8. The Bertz CT molecular complexity index is 2270. The minimum absolute atomic E-state index is 0.329. The number of carbonyl (C=O) groups is 3. The van der Waals surface area contributed by atoms with Gasteiger partial charge in [-0.1, -0.05) is 133 Å². The summed E-state index contributed by atoms with van der Waals surface area (Å²) in [4.78, 5) is 44.9. The van der Waals surface area contributed by atoms with Crippen LogP contribution in [0, 0.1) is 5.92 Å². The number of allylic oxidation sites excluding steroid dienone is 8. The van der Waals surface area contributed by atoms with Crippen molar-refractivity contribution >= 4 is 40.0 Å². The van der Waals surface area contributed by atoms with Crippen molar-refractivity contribution in [1.82, 2.24) is 20.2 Å². The molecule has 0 fully saturated rings. The number of H-pyrrole nitrogens is 2. The highest BCUT2D eigenvalue weighted by Gasteiger charge is 2.14. The number of amides is 2. The molecular formula is C62H92N4O8. The predicted molar refractivity (Wildman–Crippen MR) is 303 cm³/mol. The van der Waals surface area contributed by atoms with Gasteiger partial charge in [0.2, 0.25) is 6.79 Å². The van der Waals surface area contributed by atoms with Crippen LogP contribution in [0.2, 0.25) is 0 Å². The number of hydrogen-bond acceptors (Lipinski definition) is 8. The number of nitrogens with zero attached hydrogens (tertiary/aromatic N) is 1. The monoisotopic (exact) mass is 1020 g/mol. The van der Waals surface area contributed by atoms with Crippen LogP contribution in [-0.2, 0) is 31.8 Å². The van der Waals surface area contributed by atoms with Gasteiger partial charge in [-0.05, 0) is 137 Å². The van der Waals surface area contributed by atoms with Crippen LogP contribution in [0.4, 0.5) is 9.59 Å². The number of unbranched alkanes of at least 4 members (excludes halogenated alkanes) is 14. The summed E-state index contributed by atoms with van der Waals surface area (Å²) in [6.07, 6.45) is 49.7. The molecule has 1 unspecified atom stereocenters. The number of carbonyl (C=O) groups excluding carboxylic acids is 3. The van der Waals surface area contributed by atoms with E-state index in [1.807, 2.05) is 48.8 Å². The molecule has 0 saturated carbocycles. The predicted octanol–water partition coefficient (Wildman–Crippen LogP) is 16.0. The molecule has 0 radical (unpaired) electrons. The molecule has 0 saturated heterocycles. The third-order valence-corrected chi connectivity index (χ3v) is 13.7. The van der Waals surface area contributed by atoms with Gasteiger partial charge in [-0.2, -0.15) is 0 Å². The molecule has 1 atom stereocenters. The van der Waals surface area contributed by atoms with Gasteiger partial charge in [-0.3, -0.25) is 4.79 Å². The number of esters is 1. The van der Waals surface area contributed by atoms with E-state index in [-0.39, 0.29) is 18.9 Å². The zero-order valence-corrected chi connectivity index (χ0v) is 45.7. The second kappa shape index (κ2) is 38.6. The lowest BCUT2D eigenvalue weighted by Gasteiger charge is -2.16. The highest BCUT2D eigenvalue weighted by molar-refractivity contribution is 5.85. The first kappa shape index (κ1) is 60.6. The number of fused-ring (bicyclic) bond motifs is 2. The summed E-state index contributed by atoms with van der Waals surface area (Å²) >= 11 is 0. The van der Waals surface area contributed by atoms with Crippen molar-refractivity contribution in [3.05, 3.63) is 109 Å². The molecule has 0 aliphatic carbocycles. The lowest BCUT2D eigenvalue weighted by Crippen LogP contribution is -2.30. The smallest absolute Gasteiger partial charge is 0.412 e. The van der Waals surface area contributed by atoms with Crippen molar-refractivity contribution in [3.8, 4) is 11.5 Å². The highest BCUT2D eigenvalue weighted by atomic mass is 16.7. The van der Waals surface area contributed by atoms with E-state index in [1.54, 1.807) is 21.3 Å². The van der Waals surface area contributed by atoms with Gasteiger partial charge in [0.25, 0.3) is 0 Å². The van der Waals surface area contributed by atoms with Crippen LogP contribution in [0.15, 0.2) is 97.4 Å². The van der Waals surface area contributed by atoms with E-state index in [2.05, 4.69) is 70.8 Å². The van der Waals surface area contributed by atoms with Gasteiger partial charge in [0.05, 0.1) is 20.8 Å². The molecule has 12 heteroatoms. The molecule has 74 heavy (non-hydrogen) atoms. The molecule has 0 bridgehead atoms. The van der Waals surface area contributed by atoms with Crippen molar-refractivity contribution in [2.24, 2.45) is 5.92 Å². The van der Waals surface area contributed by atoms with E-state index >= 15 is 0 Å². The van der Waals surface area contributed by atoms with E-state index in [0.29, 0.717) is 32.5 Å². The van der Waals surface area contributed by atoms with E-state index in [4.69, 9.17) is 23.7 Å². The second-order valence-corrected chi connectivity index (χ2v) is 19.6. The van der Waals surface area contributed by atoms with Crippen LogP contribution in [0.25, 0.3) is 21.8 Å². The molecule has 0 spiro atoms. The fourth-order valence-corrected chi connectivity index (χ4v) is 9.10. The number of aromatic amines is 2. The highest BCUT2D eigenvalue weighted by Crippen LogP contribution is 2.26. The molecule has 2 amide bonds. The standard InChI is InChI=1S/C62H92N4O8/c1-5-6-7-8-9-17-20-23-28-33-51(35-30-26-27-32-45-72-61(68)63-43-41-52-48-64-58-39-37-54(70-3)46-56(52)58)34-29-24-21-18-15-13-11-10-12-14-16-19-22-25-31-36-60(67)73-50-74-62(69)66(2)44-42-53-49-65-59-40-38-55(71-4)47-57(53)59/h9-10,12-13,15,17,23,28,37-40,46-49,51,64-65H,5-8,11,14,16,18-22,24-27,29-36,41-45,50H2,1-4H3,(H,63,68)/b12-10-,15-13-,17-9-,28-23-. The third-order valence-electron chi connectivity index (χ3n) is 13.7. The van der Waals surface area contributed by atoms with Crippen LogP contribution < -0.4 is 14.8 Å². The molecule has 4 aromatic rings. The maximum atomic E-state index is 12.4. The van der Waals surface area contributed by atoms with Crippen molar-refractivity contribution in [3.63, 3.8) is 0 Å². The van der Waals surface area contributed by atoms with Gasteiger partial charge < -0.3 is 43.9 Å². The van der Waals surface area contributed by atoms with Gasteiger partial charge in [0, 0.05) is 60.8 Å². The van der Waals surface area contributed by atoms with Crippen molar-refractivity contribution in [2.75, 3.05) is 47.8 Å². The summed E-state index contributed by atoms with van der Waals surface area (Å²) in [6.45, 7) is 3.33. The Kier molecular flexibility index (Phi) is 31.7. The van der Waals surface area contributed by atoms with Gasteiger partial charge >= 0.3 is 18.2 Å². The van der Waals surface area contributed by atoms with Crippen molar-refractivity contribution in [2.45, 2.75) is 174 Å². The molecule has 2 heterocycles. The van der Waals surface area contributed by atoms with Gasteiger partial charge in [-0.15, -0.1) is 0 Å². The van der Waals surface area contributed by atoms with Gasteiger partial charge in [0.15, 0.2) is 0 Å². The van der Waals surface area contributed by atoms with E-state index in [0.717, 1.165) is 134 Å². The minimum Gasteiger partial charge on any atom is -0.497 e. The number of benzene rings is 2. The second-order valence-electron chi connectivity index (χ2n) is 19.6. The first-order chi connectivity index (χ1) is 36.3. The van der Waals surface area contributed by atoms with Crippen LogP contribution in [-0.4, -0.2) is 80.8 Å². The first-order valence-electron chi connectivity index (χ1n) is 28.1. The van der Waals surface area contributed by atoms with Crippen LogP contribution in [0.3, 0.4) is 0 Å². The van der Waals surface area contributed by atoms with E-state index < -0.39 is 6.09 Å². The molecule has 12 nitrogen and oxygen atoms in total. The van der Waals surface area contributed by atoms with Crippen LogP contribution >= 0.6 is 0 Å². The summed E-state index contributed by atoms with van der Waals surface area (Å²) in [5.41, 5.74) is 4.30. The van der Waals surface area contributed by atoms with Crippen molar-refractivity contribution < 1.29 is 38.1 Å². The molecule has 0 aliphatic rings. The Labute approximate surface area is 444 Å². The zero-order chi connectivity index (χ0) is 52.7. The van der Waals surface area contributed by atoms with E-state index in [1.165, 1.54) is 75.5 Å². The largest absolute Gasteiger partial charge is 0.497 e. The maximum Gasteiger partial charge on any atom is 0.412 e. The molecular weight excluding hydrogens is 929 g/mol. The number of ether oxygens (including phenoxy) is 5. The zero-order valence-electron chi connectivity index (χ0n) is 45.7. The Morgan fingerprint density at radius 1 is 0.608 bits per heavy atom. The number of nitrogens with one attached hydrogen (secondary N) is 3. The minimum atomic E-state index is -0.525. The summed E-state index contributed by atoms with van der Waals surface area (Å²) in [7, 11) is 4.98. The summed E-state index contributed by atoms with van der Waals surface area (Å²) in [6, 6.07) is 11.8. The summed E-state index contributed by atoms with van der Waals surface area (Å²) in [5, 5.41) is 5.08. The molecule has 2 aromatic heterocycles. The average molecular weight is 1020 g/mol. The van der Waals surface area contributed by atoms with Gasteiger partial charge in [0.1, 0.15) is 11.5 Å². The topological polar surface area (TPSA) is 144 Å². The fraction of sp³-hybridized carbons (Fsp3) is 0.565. The van der Waals surface area contributed by atoms with Crippen molar-refractivity contribution in [1.29, 1.82) is 0 Å². The molecule has 408 valence electrons. The Hall–Kier alpha value is -5.91. The summed E-state index contributed by atoms with van der Waals surface area (Å²) in [5.74, 6) is 1.99. The fourth-order valence-electron chi connectivity index (χ4n) is 9.10. The Morgan fingerprint density at radius 3 is 1.77 bits per heavy atom. The lowest BCUT2D eigenvalue weighted by molar-refractivity contribution is -0.152. The number of rotatable bonds is 41. The number of alkyl carbamates (subject to hydrolysis) is 1. The number of aromatic nitrogens is 2. The molecule has 2 aromatic carbocycles. The normalized spacial score (nSPS) is 12.2. The van der Waals surface area contributed by atoms with Gasteiger partial charge in [-0.25, -0.2) is 9.59 Å². The molecule has 0 aliphatic heterocycles. The quantitative estimate of drug-likeness (QED) is 0.0173. The maximum absolute atomic E-state index is 12.4. The number of hydrogen-bond donors (Lipinski definition) is 3. The molecule has 4 rings (SSSR count). The SMILES string of the molecule is CCCCC/C=C\C/C=C\CC(CCCCC/C=C\C/C=C\CCCCCCCC(=O)OCOC(=O)N(C)CCc1c[nH]c2ccc(OC)cc12)CCCCCCOC(=O)NCCc1c[nH]c2ccc(OC)cc12. The lowest BCUT2D eigenvalue weighted by atomic mass is 9.91. The van der Waals surface area contributed by atoms with Crippen LogP contribution in [0.5, 0.6) is 11.5 Å². The Balaban J connectivity index is 0.957.